The molecule has 0 radical (unpaired) electrons. The first kappa shape index (κ1) is 17.0. The maximum atomic E-state index is 11.8. The molecule has 0 aliphatic heterocycles. The van der Waals surface area contributed by atoms with Crippen molar-refractivity contribution in [3.63, 3.8) is 0 Å². The molecule has 6 nitrogen and oxygen atoms in total. The molecule has 6 heteroatoms. The maximum Gasteiger partial charge on any atom is 0.408 e. The number of amides is 1. The zero-order chi connectivity index (χ0) is 17.4. The van der Waals surface area contributed by atoms with Crippen LogP contribution in [0, 0.1) is 11.3 Å². The van der Waals surface area contributed by atoms with E-state index in [-0.39, 0.29) is 13.0 Å². The molecule has 2 N–H and O–H groups in total. The van der Waals surface area contributed by atoms with Crippen LogP contribution in [0.15, 0.2) is 54.6 Å². The van der Waals surface area contributed by atoms with E-state index in [1.807, 2.05) is 24.3 Å². The number of benzene rings is 2. The zero-order valence-electron chi connectivity index (χ0n) is 12.8. The Labute approximate surface area is 139 Å². The minimum absolute atomic E-state index is 0.0654. The minimum Gasteiger partial charge on any atom is -0.480 e. The number of rotatable bonds is 6. The Morgan fingerprint density at radius 1 is 1.08 bits per heavy atom. The fourth-order valence-electron chi connectivity index (χ4n) is 2.06. The highest BCUT2D eigenvalue weighted by Gasteiger charge is 2.21. The number of carboxylic acids is 1. The summed E-state index contributed by atoms with van der Waals surface area (Å²) in [6.07, 6.45) is -0.693. The molecule has 0 fully saturated rings. The van der Waals surface area contributed by atoms with Crippen molar-refractivity contribution in [1.82, 2.24) is 5.32 Å². The number of aliphatic carboxylic acids is 1. The van der Waals surface area contributed by atoms with Crippen LogP contribution in [0.5, 0.6) is 0 Å². The maximum absolute atomic E-state index is 11.8. The molecular weight excluding hydrogens is 308 g/mol. The van der Waals surface area contributed by atoms with Gasteiger partial charge in [-0.25, -0.2) is 9.59 Å². The average Bonchev–Trinajstić information content (AvgIpc) is 2.61. The third kappa shape index (κ3) is 5.14. The van der Waals surface area contributed by atoms with E-state index in [2.05, 4.69) is 5.32 Å². The van der Waals surface area contributed by atoms with Gasteiger partial charge in [-0.3, -0.25) is 0 Å². The highest BCUT2D eigenvalue weighted by atomic mass is 16.5. The number of carboxylic acid groups (broad SMARTS) is 1. The number of nitrogens with one attached hydrogen (secondary N) is 1. The van der Waals surface area contributed by atoms with E-state index in [4.69, 9.17) is 10.00 Å². The minimum atomic E-state index is -1.16. The molecule has 0 saturated carbocycles. The Bertz CT molecular complexity index is 736. The molecule has 122 valence electrons. The van der Waals surface area contributed by atoms with E-state index in [1.165, 1.54) is 0 Å². The van der Waals surface area contributed by atoms with Gasteiger partial charge in [-0.1, -0.05) is 42.5 Å². The number of carbonyl (C=O) groups is 2. The van der Waals surface area contributed by atoms with Crippen molar-refractivity contribution in [3.8, 4) is 6.07 Å². The Kier molecular flexibility index (Phi) is 5.92. The molecule has 24 heavy (non-hydrogen) atoms. The summed E-state index contributed by atoms with van der Waals surface area (Å²) in [6, 6.07) is 16.5. The molecule has 0 bridgehead atoms. The standard InChI is InChI=1S/C18H16N2O4/c19-11-14-8-6-13(7-9-14)10-16(17(21)22)20-18(23)24-12-15-4-2-1-3-5-15/h1-9,16H,10,12H2,(H,20,23)(H,21,22)/t16-/m1/s1. The summed E-state index contributed by atoms with van der Waals surface area (Å²) in [6.45, 7) is 0.0654. The number of hydrogen-bond acceptors (Lipinski definition) is 4. The number of nitrogens with zero attached hydrogens (tertiary/aromatic N) is 1. The van der Waals surface area contributed by atoms with Gasteiger partial charge >= 0.3 is 12.1 Å². The topological polar surface area (TPSA) is 99.4 Å². The lowest BCUT2D eigenvalue weighted by atomic mass is 10.0. The van der Waals surface area contributed by atoms with Crippen molar-refractivity contribution in [2.24, 2.45) is 0 Å². The third-order valence-electron chi connectivity index (χ3n) is 3.33. The Morgan fingerprint density at radius 3 is 2.33 bits per heavy atom. The molecule has 1 amide bonds. The van der Waals surface area contributed by atoms with Crippen LogP contribution < -0.4 is 5.32 Å². The van der Waals surface area contributed by atoms with Crippen LogP contribution >= 0.6 is 0 Å². The Hall–Kier alpha value is -3.33. The number of alkyl carbamates (subject to hydrolysis) is 1. The number of hydrogen-bond donors (Lipinski definition) is 2. The van der Waals surface area contributed by atoms with Gasteiger partial charge in [0.2, 0.25) is 0 Å². The Balaban J connectivity index is 1.91. The summed E-state index contributed by atoms with van der Waals surface area (Å²) in [7, 11) is 0. The van der Waals surface area contributed by atoms with Gasteiger partial charge in [-0.05, 0) is 23.3 Å². The summed E-state index contributed by atoms with van der Waals surface area (Å²) in [5.74, 6) is -1.16. The van der Waals surface area contributed by atoms with Crippen molar-refractivity contribution in [1.29, 1.82) is 5.26 Å². The van der Waals surface area contributed by atoms with Crippen molar-refractivity contribution < 1.29 is 19.4 Å². The van der Waals surface area contributed by atoms with Gasteiger partial charge in [-0.2, -0.15) is 5.26 Å². The summed E-state index contributed by atoms with van der Waals surface area (Å²) in [4.78, 5) is 23.1. The summed E-state index contributed by atoms with van der Waals surface area (Å²) in [5.41, 5.74) is 2.00. The van der Waals surface area contributed by atoms with Crippen LogP contribution in [0.25, 0.3) is 0 Å². The van der Waals surface area contributed by atoms with Crippen LogP contribution in [0.1, 0.15) is 16.7 Å². The van der Waals surface area contributed by atoms with E-state index < -0.39 is 18.1 Å². The van der Waals surface area contributed by atoms with Gasteiger partial charge in [-0.15, -0.1) is 0 Å². The molecular formula is C18H16N2O4. The monoisotopic (exact) mass is 324 g/mol. The second kappa shape index (κ2) is 8.34. The molecule has 2 aromatic carbocycles. The van der Waals surface area contributed by atoms with Crippen LogP contribution in [-0.2, 0) is 22.6 Å². The van der Waals surface area contributed by atoms with Crippen molar-refractivity contribution >= 4 is 12.1 Å². The third-order valence-corrected chi connectivity index (χ3v) is 3.33. The summed E-state index contributed by atoms with van der Waals surface area (Å²) >= 11 is 0. The highest BCUT2D eigenvalue weighted by Crippen LogP contribution is 2.07. The van der Waals surface area contributed by atoms with Crippen molar-refractivity contribution in [2.75, 3.05) is 0 Å². The fourth-order valence-corrected chi connectivity index (χ4v) is 2.06. The first-order valence-electron chi connectivity index (χ1n) is 7.27. The van der Waals surface area contributed by atoms with E-state index in [0.29, 0.717) is 11.1 Å². The molecule has 0 saturated heterocycles. The second-order valence-corrected chi connectivity index (χ2v) is 5.11. The van der Waals surface area contributed by atoms with Gasteiger partial charge in [0.15, 0.2) is 0 Å². The quantitative estimate of drug-likeness (QED) is 0.850. The SMILES string of the molecule is N#Cc1ccc(C[C@@H](NC(=O)OCc2ccccc2)C(=O)O)cc1. The zero-order valence-corrected chi connectivity index (χ0v) is 12.8. The molecule has 0 aromatic heterocycles. The van der Waals surface area contributed by atoms with Gasteiger partial charge in [0.05, 0.1) is 11.6 Å². The fraction of sp³-hybridized carbons (Fsp3) is 0.167. The smallest absolute Gasteiger partial charge is 0.408 e. The van der Waals surface area contributed by atoms with Crippen LogP contribution in [0.3, 0.4) is 0 Å². The van der Waals surface area contributed by atoms with E-state index >= 15 is 0 Å². The summed E-state index contributed by atoms with van der Waals surface area (Å²) in [5, 5.41) is 20.3. The Morgan fingerprint density at radius 2 is 1.75 bits per heavy atom. The lowest BCUT2D eigenvalue weighted by Gasteiger charge is -2.14. The highest BCUT2D eigenvalue weighted by molar-refractivity contribution is 5.80. The lowest BCUT2D eigenvalue weighted by molar-refractivity contribution is -0.139. The molecule has 0 unspecified atom stereocenters. The average molecular weight is 324 g/mol. The molecule has 2 rings (SSSR count). The largest absolute Gasteiger partial charge is 0.480 e. The number of carbonyl (C=O) groups excluding carboxylic acids is 1. The van der Waals surface area contributed by atoms with E-state index in [1.54, 1.807) is 36.4 Å². The molecule has 0 heterocycles. The van der Waals surface area contributed by atoms with Crippen molar-refractivity contribution in [2.45, 2.75) is 19.1 Å². The van der Waals surface area contributed by atoms with Crippen LogP contribution in [0.4, 0.5) is 4.79 Å². The number of ether oxygens (including phenoxy) is 1. The lowest BCUT2D eigenvalue weighted by Crippen LogP contribution is -2.42. The molecule has 1 atom stereocenters. The molecule has 0 aliphatic carbocycles. The first-order valence-corrected chi connectivity index (χ1v) is 7.27. The summed E-state index contributed by atoms with van der Waals surface area (Å²) < 4.78 is 5.03. The van der Waals surface area contributed by atoms with Gasteiger partial charge in [0.1, 0.15) is 12.6 Å². The molecule has 2 aromatic rings. The van der Waals surface area contributed by atoms with Crippen molar-refractivity contribution in [3.05, 3.63) is 71.3 Å². The number of nitriles is 1. The predicted molar refractivity (Wildman–Crippen MR) is 86.0 cm³/mol. The van der Waals surface area contributed by atoms with Gasteiger partial charge in [0, 0.05) is 6.42 Å². The normalized spacial score (nSPS) is 11.1. The van der Waals surface area contributed by atoms with Gasteiger partial charge in [0.25, 0.3) is 0 Å². The van der Waals surface area contributed by atoms with E-state index in [9.17, 15) is 14.7 Å². The molecule has 0 aliphatic rings. The predicted octanol–water partition coefficient (Wildman–Crippen LogP) is 2.48. The van der Waals surface area contributed by atoms with Crippen LogP contribution in [-0.4, -0.2) is 23.2 Å². The van der Waals surface area contributed by atoms with E-state index in [0.717, 1.165) is 5.56 Å². The first-order chi connectivity index (χ1) is 11.6. The second-order valence-electron chi connectivity index (χ2n) is 5.11. The molecule has 0 spiro atoms. The van der Waals surface area contributed by atoms with Gasteiger partial charge < -0.3 is 15.2 Å². The van der Waals surface area contributed by atoms with Crippen LogP contribution in [0.2, 0.25) is 0 Å².